The standard InChI is InChI=1S/C18H36O2.C2H4O2.Na.H/c1-2-3-4-5-6-7-8-9-10-11-12-13-14-15-16-17-18(19)20;1-2(3)4;;/h2-17H2,1H3,(H,19,20);1H3,(H,3,4);;. The maximum atomic E-state index is 10.3. The second-order valence-electron chi connectivity index (χ2n) is 6.61. The molecule has 5 heteroatoms. The molecule has 0 fully saturated rings. The van der Waals surface area contributed by atoms with Crippen molar-refractivity contribution < 1.29 is 19.8 Å². The minimum absolute atomic E-state index is 0. The van der Waals surface area contributed by atoms with Gasteiger partial charge in [-0.25, -0.2) is 0 Å². The normalized spacial score (nSPS) is 9.68. The van der Waals surface area contributed by atoms with Gasteiger partial charge in [-0.3, -0.25) is 9.59 Å². The summed E-state index contributed by atoms with van der Waals surface area (Å²) in [5, 5.41) is 15.9. The summed E-state index contributed by atoms with van der Waals surface area (Å²) in [6, 6.07) is 0. The van der Waals surface area contributed by atoms with Gasteiger partial charge in [0.1, 0.15) is 0 Å². The van der Waals surface area contributed by atoms with E-state index in [-0.39, 0.29) is 29.6 Å². The number of aliphatic carboxylic acids is 2. The predicted molar refractivity (Wildman–Crippen MR) is 108 cm³/mol. The van der Waals surface area contributed by atoms with Gasteiger partial charge in [-0.05, 0) is 6.42 Å². The van der Waals surface area contributed by atoms with Crippen LogP contribution in [-0.2, 0) is 9.59 Å². The third kappa shape index (κ3) is 40.2. The molecule has 0 aromatic heterocycles. The van der Waals surface area contributed by atoms with E-state index in [9.17, 15) is 4.79 Å². The summed E-state index contributed by atoms with van der Waals surface area (Å²) < 4.78 is 0. The molecular weight excluding hydrogens is 327 g/mol. The number of hydrogen-bond donors (Lipinski definition) is 2. The van der Waals surface area contributed by atoms with Crippen molar-refractivity contribution in [2.45, 2.75) is 117 Å². The summed E-state index contributed by atoms with van der Waals surface area (Å²) in [5.74, 6) is -1.49. The fourth-order valence-electron chi connectivity index (χ4n) is 2.65. The van der Waals surface area contributed by atoms with Gasteiger partial charge in [-0.2, -0.15) is 0 Å². The van der Waals surface area contributed by atoms with Crippen molar-refractivity contribution in [1.29, 1.82) is 0 Å². The molecule has 146 valence electrons. The average molecular weight is 369 g/mol. The van der Waals surface area contributed by atoms with Crippen LogP contribution in [0.1, 0.15) is 117 Å². The van der Waals surface area contributed by atoms with Crippen LogP contribution in [-0.4, -0.2) is 51.7 Å². The minimum atomic E-state index is -0.833. The Hall–Kier alpha value is -0.0600. The van der Waals surface area contributed by atoms with Crippen molar-refractivity contribution >= 4 is 41.5 Å². The van der Waals surface area contributed by atoms with Crippen molar-refractivity contribution in [3.05, 3.63) is 0 Å². The van der Waals surface area contributed by atoms with Gasteiger partial charge in [0.15, 0.2) is 0 Å². The molecule has 0 bridgehead atoms. The van der Waals surface area contributed by atoms with E-state index in [0.717, 1.165) is 19.8 Å². The van der Waals surface area contributed by atoms with E-state index < -0.39 is 11.9 Å². The van der Waals surface area contributed by atoms with Crippen LogP contribution in [0.2, 0.25) is 0 Å². The predicted octanol–water partition coefficient (Wildman–Crippen LogP) is 5.77. The van der Waals surface area contributed by atoms with Gasteiger partial charge in [0, 0.05) is 13.3 Å². The zero-order valence-electron chi connectivity index (χ0n) is 16.0. The molecule has 0 unspecified atom stereocenters. The van der Waals surface area contributed by atoms with E-state index in [4.69, 9.17) is 15.0 Å². The summed E-state index contributed by atoms with van der Waals surface area (Å²) in [6.45, 7) is 3.35. The number of hydrogen-bond acceptors (Lipinski definition) is 2. The van der Waals surface area contributed by atoms with Gasteiger partial charge in [0.25, 0.3) is 5.97 Å². The van der Waals surface area contributed by atoms with Gasteiger partial charge >= 0.3 is 35.5 Å². The summed E-state index contributed by atoms with van der Waals surface area (Å²) in [4.78, 5) is 19.3. The van der Waals surface area contributed by atoms with E-state index in [1.807, 2.05) is 0 Å². The molecular formula is C20H41NaO4. The molecule has 0 rings (SSSR count). The molecule has 0 aliphatic heterocycles. The number of carboxylic acid groups (broad SMARTS) is 2. The molecule has 0 atom stereocenters. The van der Waals surface area contributed by atoms with Gasteiger partial charge in [0.05, 0.1) is 0 Å². The van der Waals surface area contributed by atoms with Crippen LogP contribution in [0.5, 0.6) is 0 Å². The molecule has 0 amide bonds. The van der Waals surface area contributed by atoms with Crippen molar-refractivity contribution in [1.82, 2.24) is 0 Å². The Morgan fingerprint density at radius 2 is 0.840 bits per heavy atom. The first kappa shape index (κ1) is 29.7. The fourth-order valence-corrected chi connectivity index (χ4v) is 2.65. The average Bonchev–Trinajstić information content (AvgIpc) is 2.50. The first-order valence-electron chi connectivity index (χ1n) is 9.92. The van der Waals surface area contributed by atoms with Crippen LogP contribution >= 0.6 is 0 Å². The van der Waals surface area contributed by atoms with Gasteiger partial charge in [-0.15, -0.1) is 0 Å². The molecule has 0 radical (unpaired) electrons. The first-order chi connectivity index (χ1) is 11.5. The van der Waals surface area contributed by atoms with Crippen LogP contribution in [0.15, 0.2) is 0 Å². The molecule has 0 aliphatic carbocycles. The Balaban J connectivity index is -0.000000867. The first-order valence-corrected chi connectivity index (χ1v) is 9.92. The molecule has 0 heterocycles. The third-order valence-corrected chi connectivity index (χ3v) is 3.99. The Bertz CT molecular complexity index is 279. The summed E-state index contributed by atoms with van der Waals surface area (Å²) >= 11 is 0. The van der Waals surface area contributed by atoms with E-state index >= 15 is 0 Å². The molecule has 25 heavy (non-hydrogen) atoms. The summed E-state index contributed by atoms with van der Waals surface area (Å²) in [5.41, 5.74) is 0. The zero-order chi connectivity index (χ0) is 18.5. The Kier molecular flexibility index (Phi) is 31.1. The number of rotatable bonds is 16. The topological polar surface area (TPSA) is 74.6 Å². The second-order valence-corrected chi connectivity index (χ2v) is 6.61. The Labute approximate surface area is 177 Å². The van der Waals surface area contributed by atoms with E-state index in [2.05, 4.69) is 6.92 Å². The van der Waals surface area contributed by atoms with E-state index in [0.29, 0.717) is 6.42 Å². The molecule has 0 saturated carbocycles. The van der Waals surface area contributed by atoms with E-state index in [1.54, 1.807) is 0 Å². The van der Waals surface area contributed by atoms with Crippen molar-refractivity contribution in [3.63, 3.8) is 0 Å². The maximum absolute atomic E-state index is 10.3. The SMILES string of the molecule is CC(=O)O.CCCCCCCCCCCCCCCCCC(=O)O.[NaH]. The summed E-state index contributed by atoms with van der Waals surface area (Å²) in [7, 11) is 0. The van der Waals surface area contributed by atoms with Crippen LogP contribution in [0.3, 0.4) is 0 Å². The molecule has 2 N–H and O–H groups in total. The summed E-state index contributed by atoms with van der Waals surface area (Å²) in [6.07, 6.45) is 20.2. The molecule has 0 saturated heterocycles. The molecule has 0 aliphatic rings. The van der Waals surface area contributed by atoms with Crippen LogP contribution in [0.4, 0.5) is 0 Å². The number of unbranched alkanes of at least 4 members (excludes halogenated alkanes) is 14. The molecule has 0 aromatic rings. The monoisotopic (exact) mass is 368 g/mol. The molecule has 0 spiro atoms. The fraction of sp³-hybridized carbons (Fsp3) is 0.900. The quantitative estimate of drug-likeness (QED) is 0.268. The van der Waals surface area contributed by atoms with Crippen molar-refractivity contribution in [2.24, 2.45) is 0 Å². The third-order valence-electron chi connectivity index (χ3n) is 3.99. The van der Waals surface area contributed by atoms with Gasteiger partial charge in [0.2, 0.25) is 0 Å². The van der Waals surface area contributed by atoms with Crippen LogP contribution < -0.4 is 0 Å². The molecule has 0 aromatic carbocycles. The zero-order valence-corrected chi connectivity index (χ0v) is 16.0. The van der Waals surface area contributed by atoms with Gasteiger partial charge in [-0.1, -0.05) is 96.8 Å². The Morgan fingerprint density at radius 3 is 1.08 bits per heavy atom. The number of carboxylic acids is 2. The van der Waals surface area contributed by atoms with Crippen LogP contribution in [0.25, 0.3) is 0 Å². The van der Waals surface area contributed by atoms with Gasteiger partial charge < -0.3 is 10.2 Å². The van der Waals surface area contributed by atoms with E-state index in [1.165, 1.54) is 83.5 Å². The van der Waals surface area contributed by atoms with Crippen molar-refractivity contribution in [2.75, 3.05) is 0 Å². The van der Waals surface area contributed by atoms with Crippen LogP contribution in [0, 0.1) is 0 Å². The Morgan fingerprint density at radius 1 is 0.600 bits per heavy atom. The number of carbonyl (C=O) groups is 2. The second kappa shape index (κ2) is 26.2. The van der Waals surface area contributed by atoms with Crippen molar-refractivity contribution in [3.8, 4) is 0 Å². The molecule has 4 nitrogen and oxygen atoms in total.